The molecule has 1 unspecified atom stereocenters. The molecule has 1 fully saturated rings. The van der Waals surface area contributed by atoms with Crippen LogP contribution in [0.15, 0.2) is 0 Å². The minimum atomic E-state index is -0.674. The van der Waals surface area contributed by atoms with E-state index in [0.717, 1.165) is 24.5 Å². The molecule has 1 atom stereocenters. The number of β-amino-alcohol motifs (C(OH)–C–C–N with tert-alkyl or cyclic N) is 1. The lowest BCUT2D eigenvalue weighted by Crippen LogP contribution is -2.43. The Morgan fingerprint density at radius 3 is 2.53 bits per heavy atom. The number of nitrogen functional groups attached to an aromatic ring is 1. The molecule has 3 N–H and O–H groups in total. The molecule has 19 heavy (non-hydrogen) atoms. The highest BCUT2D eigenvalue weighted by atomic mass is 32.2. The van der Waals surface area contributed by atoms with E-state index >= 15 is 0 Å². The summed E-state index contributed by atoms with van der Waals surface area (Å²) in [6.07, 6.45) is -0.482. The fourth-order valence-corrected chi connectivity index (χ4v) is 3.43. The Morgan fingerprint density at radius 1 is 1.37 bits per heavy atom. The smallest absolute Gasteiger partial charge is 0.0862 e. The van der Waals surface area contributed by atoms with Crippen LogP contribution < -0.4 is 5.73 Å². The lowest BCUT2D eigenvalue weighted by Gasteiger charge is -2.28. The Hall–Kier alpha value is -0.920. The zero-order valence-electron chi connectivity index (χ0n) is 11.5. The molecule has 0 radical (unpaired) electrons. The summed E-state index contributed by atoms with van der Waals surface area (Å²) in [5, 5.41) is 14.4. The highest BCUT2D eigenvalue weighted by Crippen LogP contribution is 2.15. The Balaban J connectivity index is 1.88. The number of nitrogens with two attached hydrogens (primary N) is 1. The molecule has 2 rings (SSSR count). The van der Waals surface area contributed by atoms with Gasteiger partial charge in [0.05, 0.1) is 29.7 Å². The first-order valence-electron chi connectivity index (χ1n) is 6.52. The number of aliphatic hydroxyl groups is 1. The van der Waals surface area contributed by atoms with Crippen LogP contribution in [0.25, 0.3) is 0 Å². The highest BCUT2D eigenvalue weighted by molar-refractivity contribution is 7.85. The molecule has 2 heterocycles. The van der Waals surface area contributed by atoms with E-state index in [4.69, 9.17) is 5.73 Å². The molecule has 1 aliphatic heterocycles. The zero-order chi connectivity index (χ0) is 14.0. The summed E-state index contributed by atoms with van der Waals surface area (Å²) in [5.74, 6) is 1.42. The third kappa shape index (κ3) is 3.55. The molecule has 0 bridgehead atoms. The first-order valence-corrected chi connectivity index (χ1v) is 8.01. The number of aliphatic hydroxyl groups excluding tert-OH is 1. The Kier molecular flexibility index (Phi) is 4.59. The van der Waals surface area contributed by atoms with E-state index in [9.17, 15) is 9.32 Å². The van der Waals surface area contributed by atoms with Crippen molar-refractivity contribution in [1.29, 1.82) is 0 Å². The van der Waals surface area contributed by atoms with Gasteiger partial charge in [-0.05, 0) is 13.8 Å². The Labute approximate surface area is 116 Å². The van der Waals surface area contributed by atoms with Gasteiger partial charge in [0.25, 0.3) is 0 Å². The Bertz CT molecular complexity index is 465. The third-order valence-corrected chi connectivity index (χ3v) is 4.84. The van der Waals surface area contributed by atoms with Gasteiger partial charge in [-0.2, -0.15) is 5.10 Å². The molecule has 7 heteroatoms. The van der Waals surface area contributed by atoms with E-state index in [0.29, 0.717) is 30.3 Å². The van der Waals surface area contributed by atoms with E-state index < -0.39 is 16.9 Å². The van der Waals surface area contributed by atoms with E-state index in [1.54, 1.807) is 4.68 Å². The molecule has 6 nitrogen and oxygen atoms in total. The van der Waals surface area contributed by atoms with Crippen LogP contribution >= 0.6 is 0 Å². The standard InChI is InChI=1S/C12H22N4O2S/c1-9-12(13)10(2)16(14-9)8-11(17)7-15-3-5-19(18)6-4-15/h11,17H,3-8,13H2,1-2H3. The largest absolute Gasteiger partial charge is 0.396 e. The Morgan fingerprint density at radius 2 is 2.00 bits per heavy atom. The molecule has 1 aromatic rings. The summed E-state index contributed by atoms with van der Waals surface area (Å²) in [6, 6.07) is 0. The summed E-state index contributed by atoms with van der Waals surface area (Å²) < 4.78 is 13.0. The lowest BCUT2D eigenvalue weighted by atomic mass is 10.3. The SMILES string of the molecule is Cc1nn(CC(O)CN2CCS(=O)CC2)c(C)c1N. The number of hydrogen-bond acceptors (Lipinski definition) is 5. The van der Waals surface area contributed by atoms with Gasteiger partial charge >= 0.3 is 0 Å². The van der Waals surface area contributed by atoms with Crippen LogP contribution in [-0.4, -0.2) is 61.2 Å². The van der Waals surface area contributed by atoms with Crippen LogP contribution in [0, 0.1) is 13.8 Å². The predicted octanol–water partition coefficient (Wildman–Crippen LogP) is -0.493. The number of aromatic nitrogens is 2. The first-order chi connectivity index (χ1) is 8.97. The number of nitrogens with zero attached hydrogens (tertiary/aromatic N) is 3. The topological polar surface area (TPSA) is 84.4 Å². The maximum atomic E-state index is 11.3. The van der Waals surface area contributed by atoms with Crippen molar-refractivity contribution in [2.24, 2.45) is 0 Å². The van der Waals surface area contributed by atoms with Crippen molar-refractivity contribution in [3.63, 3.8) is 0 Å². The second-order valence-electron chi connectivity index (χ2n) is 5.07. The summed E-state index contributed by atoms with van der Waals surface area (Å²) in [6.45, 7) is 6.40. The van der Waals surface area contributed by atoms with E-state index in [-0.39, 0.29) is 0 Å². The minimum Gasteiger partial charge on any atom is -0.396 e. The summed E-state index contributed by atoms with van der Waals surface area (Å²) >= 11 is 0. The zero-order valence-corrected chi connectivity index (χ0v) is 12.3. The molecular formula is C12H22N4O2S. The van der Waals surface area contributed by atoms with Crippen LogP contribution in [0.1, 0.15) is 11.4 Å². The summed E-state index contributed by atoms with van der Waals surface area (Å²) in [4.78, 5) is 2.15. The number of rotatable bonds is 4. The molecule has 0 aromatic carbocycles. The van der Waals surface area contributed by atoms with Gasteiger partial charge in [0, 0.05) is 41.9 Å². The van der Waals surface area contributed by atoms with Crippen molar-refractivity contribution in [2.45, 2.75) is 26.5 Å². The van der Waals surface area contributed by atoms with Crippen molar-refractivity contribution in [3.05, 3.63) is 11.4 Å². The second-order valence-corrected chi connectivity index (χ2v) is 6.77. The number of anilines is 1. The molecule has 1 aromatic heterocycles. The van der Waals surface area contributed by atoms with Gasteiger partial charge < -0.3 is 10.8 Å². The summed E-state index contributed by atoms with van der Waals surface area (Å²) in [7, 11) is -0.674. The second kappa shape index (κ2) is 6.02. The molecule has 1 aliphatic rings. The van der Waals surface area contributed by atoms with E-state index in [1.165, 1.54) is 0 Å². The van der Waals surface area contributed by atoms with Crippen molar-refractivity contribution in [1.82, 2.24) is 14.7 Å². The van der Waals surface area contributed by atoms with Crippen molar-refractivity contribution in [2.75, 3.05) is 36.9 Å². The minimum absolute atomic E-state index is 0.448. The maximum Gasteiger partial charge on any atom is 0.0862 e. The van der Waals surface area contributed by atoms with Crippen LogP contribution in [0.5, 0.6) is 0 Å². The third-order valence-electron chi connectivity index (χ3n) is 3.56. The van der Waals surface area contributed by atoms with Gasteiger partial charge in [-0.25, -0.2) is 0 Å². The van der Waals surface area contributed by atoms with Crippen LogP contribution in [-0.2, 0) is 17.3 Å². The highest BCUT2D eigenvalue weighted by Gasteiger charge is 2.19. The molecule has 0 amide bonds. The van der Waals surface area contributed by atoms with Gasteiger partial charge in [0.1, 0.15) is 0 Å². The molecule has 0 saturated carbocycles. The van der Waals surface area contributed by atoms with Crippen molar-refractivity contribution in [3.8, 4) is 0 Å². The van der Waals surface area contributed by atoms with Gasteiger partial charge in [-0.1, -0.05) is 0 Å². The van der Waals surface area contributed by atoms with Crippen molar-refractivity contribution >= 4 is 16.5 Å². The molecule has 108 valence electrons. The lowest BCUT2D eigenvalue weighted by molar-refractivity contribution is 0.0985. The maximum absolute atomic E-state index is 11.3. The van der Waals surface area contributed by atoms with Gasteiger partial charge in [-0.15, -0.1) is 0 Å². The van der Waals surface area contributed by atoms with Crippen LogP contribution in [0.2, 0.25) is 0 Å². The first kappa shape index (κ1) is 14.5. The fourth-order valence-electron chi connectivity index (χ4n) is 2.30. The van der Waals surface area contributed by atoms with Crippen LogP contribution in [0.3, 0.4) is 0 Å². The molecule has 0 spiro atoms. The van der Waals surface area contributed by atoms with Crippen molar-refractivity contribution < 1.29 is 9.32 Å². The fraction of sp³-hybridized carbons (Fsp3) is 0.750. The number of aryl methyl sites for hydroxylation is 1. The monoisotopic (exact) mass is 286 g/mol. The van der Waals surface area contributed by atoms with E-state index in [1.807, 2.05) is 13.8 Å². The van der Waals surface area contributed by atoms with Gasteiger partial charge in [0.15, 0.2) is 0 Å². The van der Waals surface area contributed by atoms with Gasteiger partial charge in [0.2, 0.25) is 0 Å². The predicted molar refractivity (Wildman–Crippen MR) is 76.4 cm³/mol. The summed E-state index contributed by atoms with van der Waals surface area (Å²) in [5.41, 5.74) is 8.27. The molecular weight excluding hydrogens is 264 g/mol. The van der Waals surface area contributed by atoms with Crippen LogP contribution in [0.4, 0.5) is 5.69 Å². The molecule has 1 saturated heterocycles. The number of hydrogen-bond donors (Lipinski definition) is 2. The average Bonchev–Trinajstić information content (AvgIpc) is 2.60. The van der Waals surface area contributed by atoms with E-state index in [2.05, 4.69) is 10.00 Å². The quantitative estimate of drug-likeness (QED) is 0.780. The normalized spacial score (nSPS) is 19.7. The van der Waals surface area contributed by atoms with Gasteiger partial charge in [-0.3, -0.25) is 13.8 Å². The average molecular weight is 286 g/mol. The molecule has 0 aliphatic carbocycles.